The monoisotopic (exact) mass is 311 g/mol. The van der Waals surface area contributed by atoms with E-state index in [1.807, 2.05) is 12.3 Å². The standard InChI is InChI=1S/C11H13N5O4S/c1-6-5-21-11(12-6)13-8(17)3-16-7(4-20-2)9(10(18)19)14-15-16/h5H,3-4H2,1-2H3,(H,18,19)(H,12,13,17). The minimum Gasteiger partial charge on any atom is -0.476 e. The Bertz CT molecular complexity index is 665. The second kappa shape index (κ2) is 6.41. The third kappa shape index (κ3) is 3.61. The van der Waals surface area contributed by atoms with E-state index in [2.05, 4.69) is 20.6 Å². The topological polar surface area (TPSA) is 119 Å². The van der Waals surface area contributed by atoms with Gasteiger partial charge in [0.2, 0.25) is 5.91 Å². The smallest absolute Gasteiger partial charge is 0.358 e. The quantitative estimate of drug-likeness (QED) is 0.798. The number of aryl methyl sites for hydroxylation is 1. The number of carbonyl (C=O) groups excluding carboxylic acids is 1. The molecule has 0 radical (unpaired) electrons. The molecule has 0 saturated heterocycles. The Hall–Kier alpha value is -2.33. The number of methoxy groups -OCH3 is 1. The number of carbonyl (C=O) groups is 2. The van der Waals surface area contributed by atoms with Gasteiger partial charge in [-0.1, -0.05) is 5.21 Å². The lowest BCUT2D eigenvalue weighted by atomic mass is 10.3. The lowest BCUT2D eigenvalue weighted by Crippen LogP contribution is -2.21. The number of aromatic carboxylic acids is 1. The molecule has 112 valence electrons. The maximum absolute atomic E-state index is 11.9. The molecule has 0 aromatic carbocycles. The molecule has 0 spiro atoms. The van der Waals surface area contributed by atoms with Gasteiger partial charge in [0, 0.05) is 12.5 Å². The maximum atomic E-state index is 11.9. The van der Waals surface area contributed by atoms with Crippen molar-refractivity contribution in [3.63, 3.8) is 0 Å². The third-order valence-electron chi connectivity index (χ3n) is 2.48. The molecule has 9 nitrogen and oxygen atoms in total. The minimum absolute atomic E-state index is 0.00171. The fraction of sp³-hybridized carbons (Fsp3) is 0.364. The van der Waals surface area contributed by atoms with E-state index >= 15 is 0 Å². The van der Waals surface area contributed by atoms with Crippen LogP contribution in [0.25, 0.3) is 0 Å². The zero-order chi connectivity index (χ0) is 15.4. The predicted molar refractivity (Wildman–Crippen MR) is 73.2 cm³/mol. The summed E-state index contributed by atoms with van der Waals surface area (Å²) >= 11 is 1.31. The number of anilines is 1. The molecule has 0 aliphatic heterocycles. The number of thiazole rings is 1. The van der Waals surface area contributed by atoms with Gasteiger partial charge >= 0.3 is 5.97 Å². The molecule has 2 rings (SSSR count). The number of aromatic nitrogens is 4. The normalized spacial score (nSPS) is 10.6. The SMILES string of the molecule is COCc1c(C(=O)O)nnn1CC(=O)Nc1nc(C)cs1. The van der Waals surface area contributed by atoms with E-state index in [4.69, 9.17) is 9.84 Å². The van der Waals surface area contributed by atoms with Gasteiger partial charge in [0.15, 0.2) is 10.8 Å². The van der Waals surface area contributed by atoms with Gasteiger partial charge in [0.05, 0.1) is 18.0 Å². The molecule has 0 atom stereocenters. The molecular weight excluding hydrogens is 298 g/mol. The molecule has 2 heterocycles. The molecule has 0 fully saturated rings. The first-order chi connectivity index (χ1) is 10.0. The number of nitrogens with zero attached hydrogens (tertiary/aromatic N) is 4. The van der Waals surface area contributed by atoms with Crippen LogP contribution in [0.2, 0.25) is 0 Å². The Morgan fingerprint density at radius 1 is 1.52 bits per heavy atom. The number of hydrogen-bond acceptors (Lipinski definition) is 7. The first-order valence-electron chi connectivity index (χ1n) is 5.88. The number of rotatable bonds is 6. The van der Waals surface area contributed by atoms with Crippen LogP contribution in [0, 0.1) is 6.92 Å². The average Bonchev–Trinajstić information content (AvgIpc) is 2.97. The summed E-state index contributed by atoms with van der Waals surface area (Å²) < 4.78 is 6.11. The highest BCUT2D eigenvalue weighted by Gasteiger charge is 2.20. The summed E-state index contributed by atoms with van der Waals surface area (Å²) in [6.45, 7) is 1.65. The second-order valence-corrected chi connectivity index (χ2v) is 4.98. The Balaban J connectivity index is 2.11. The molecule has 0 saturated carbocycles. The minimum atomic E-state index is -1.22. The molecule has 21 heavy (non-hydrogen) atoms. The van der Waals surface area contributed by atoms with Gasteiger partial charge in [0.25, 0.3) is 0 Å². The molecule has 2 N–H and O–H groups in total. The van der Waals surface area contributed by atoms with E-state index in [1.165, 1.54) is 23.1 Å². The van der Waals surface area contributed by atoms with E-state index in [0.717, 1.165) is 5.69 Å². The molecule has 0 aliphatic carbocycles. The van der Waals surface area contributed by atoms with Gasteiger partial charge in [-0.2, -0.15) is 0 Å². The van der Waals surface area contributed by atoms with Crippen LogP contribution in [0.5, 0.6) is 0 Å². The molecule has 1 amide bonds. The summed E-state index contributed by atoms with van der Waals surface area (Å²) in [7, 11) is 1.42. The molecule has 0 aliphatic rings. The van der Waals surface area contributed by atoms with Crippen molar-refractivity contribution in [1.29, 1.82) is 0 Å². The van der Waals surface area contributed by atoms with Crippen LogP contribution in [0.15, 0.2) is 5.38 Å². The number of ether oxygens (including phenoxy) is 1. The summed E-state index contributed by atoms with van der Waals surface area (Å²) in [5, 5.41) is 21.1. The summed E-state index contributed by atoms with van der Waals surface area (Å²) in [5.41, 5.74) is 0.814. The first kappa shape index (κ1) is 15.1. The lowest BCUT2D eigenvalue weighted by Gasteiger charge is -2.06. The van der Waals surface area contributed by atoms with Crippen LogP contribution in [-0.2, 0) is 22.7 Å². The van der Waals surface area contributed by atoms with E-state index < -0.39 is 5.97 Å². The molecule has 2 aromatic rings. The highest BCUT2D eigenvalue weighted by Crippen LogP contribution is 2.14. The van der Waals surface area contributed by atoms with Crippen LogP contribution >= 0.6 is 11.3 Å². The van der Waals surface area contributed by atoms with Gasteiger partial charge in [-0.05, 0) is 6.92 Å². The van der Waals surface area contributed by atoms with Crippen molar-refractivity contribution in [1.82, 2.24) is 20.0 Å². The summed E-state index contributed by atoms with van der Waals surface area (Å²) in [5.74, 6) is -1.59. The van der Waals surface area contributed by atoms with Gasteiger partial charge < -0.3 is 15.2 Å². The molecule has 0 unspecified atom stereocenters. The summed E-state index contributed by atoms with van der Waals surface area (Å²) in [6.07, 6.45) is 0. The highest BCUT2D eigenvalue weighted by atomic mass is 32.1. The van der Waals surface area contributed by atoms with Gasteiger partial charge in [-0.15, -0.1) is 16.4 Å². The predicted octanol–water partition coefficient (Wildman–Crippen LogP) is 0.526. The van der Waals surface area contributed by atoms with E-state index in [9.17, 15) is 9.59 Å². The van der Waals surface area contributed by atoms with E-state index in [-0.39, 0.29) is 30.4 Å². The van der Waals surface area contributed by atoms with Crippen LogP contribution < -0.4 is 5.32 Å². The molecular formula is C11H13N5O4S. The second-order valence-electron chi connectivity index (χ2n) is 4.12. The molecule has 2 aromatic heterocycles. The number of hydrogen-bond donors (Lipinski definition) is 2. The van der Waals surface area contributed by atoms with E-state index in [0.29, 0.717) is 5.13 Å². The van der Waals surface area contributed by atoms with Gasteiger partial charge in [-0.3, -0.25) is 4.79 Å². The average molecular weight is 311 g/mol. The van der Waals surface area contributed by atoms with Crippen LogP contribution in [0.3, 0.4) is 0 Å². The largest absolute Gasteiger partial charge is 0.476 e. The van der Waals surface area contributed by atoms with Crippen molar-refractivity contribution in [2.24, 2.45) is 0 Å². The Kier molecular flexibility index (Phi) is 4.60. The van der Waals surface area contributed by atoms with Crippen LogP contribution in [0.1, 0.15) is 21.9 Å². The third-order valence-corrected chi connectivity index (χ3v) is 3.36. The maximum Gasteiger partial charge on any atom is 0.358 e. The zero-order valence-corrected chi connectivity index (χ0v) is 12.2. The van der Waals surface area contributed by atoms with Crippen molar-refractivity contribution in [2.45, 2.75) is 20.1 Å². The number of carboxylic acids is 1. The fourth-order valence-electron chi connectivity index (χ4n) is 1.61. The van der Waals surface area contributed by atoms with Crippen molar-refractivity contribution in [3.8, 4) is 0 Å². The van der Waals surface area contributed by atoms with Crippen molar-refractivity contribution >= 4 is 28.3 Å². The Morgan fingerprint density at radius 2 is 2.29 bits per heavy atom. The summed E-state index contributed by atoms with van der Waals surface area (Å²) in [4.78, 5) is 27.0. The van der Waals surface area contributed by atoms with Gasteiger partial charge in [-0.25, -0.2) is 14.5 Å². The summed E-state index contributed by atoms with van der Waals surface area (Å²) in [6, 6.07) is 0. The van der Waals surface area contributed by atoms with Crippen molar-refractivity contribution < 1.29 is 19.4 Å². The van der Waals surface area contributed by atoms with E-state index in [1.54, 1.807) is 0 Å². The zero-order valence-electron chi connectivity index (χ0n) is 11.4. The number of nitrogens with one attached hydrogen (secondary N) is 1. The van der Waals surface area contributed by atoms with Crippen molar-refractivity contribution in [3.05, 3.63) is 22.5 Å². The Labute approximate surface area is 123 Å². The van der Waals surface area contributed by atoms with Crippen LogP contribution in [0.4, 0.5) is 5.13 Å². The highest BCUT2D eigenvalue weighted by molar-refractivity contribution is 7.13. The fourth-order valence-corrected chi connectivity index (χ4v) is 2.32. The Morgan fingerprint density at radius 3 is 2.86 bits per heavy atom. The first-order valence-corrected chi connectivity index (χ1v) is 6.75. The van der Waals surface area contributed by atoms with Crippen molar-refractivity contribution in [2.75, 3.05) is 12.4 Å². The number of amides is 1. The van der Waals surface area contributed by atoms with Gasteiger partial charge in [0.1, 0.15) is 6.54 Å². The molecule has 0 bridgehead atoms. The number of carboxylic acid groups (broad SMARTS) is 1. The lowest BCUT2D eigenvalue weighted by molar-refractivity contribution is -0.117. The van der Waals surface area contributed by atoms with Crippen LogP contribution in [-0.4, -0.2) is 44.1 Å². The molecule has 10 heteroatoms.